The van der Waals surface area contributed by atoms with E-state index >= 15 is 0 Å². The van der Waals surface area contributed by atoms with Gasteiger partial charge >= 0.3 is 0 Å². The number of anilines is 2. The fourth-order valence-corrected chi connectivity index (χ4v) is 4.17. The third kappa shape index (κ3) is 4.12. The standard InChI is InChI=1S/C23H22F2N10/c24-21(25)18-13-28-20-4-2-17(33-35(18)20)15-11-29-22-16(15)12-31-23(32-22)30-10-14-1-3-19(27-9-14)34-7-5-26-6-8-34/h1-4,9,11-13,21,26H,5-8,10H2,(H2,29,30,31,32). The molecule has 0 amide bonds. The van der Waals surface area contributed by atoms with E-state index in [-0.39, 0.29) is 5.69 Å². The number of nitrogens with one attached hydrogen (secondary N) is 3. The van der Waals surface area contributed by atoms with Gasteiger partial charge in [0.05, 0.1) is 11.9 Å². The molecule has 0 radical (unpaired) electrons. The van der Waals surface area contributed by atoms with Crippen LogP contribution in [0.5, 0.6) is 0 Å². The molecule has 0 atom stereocenters. The summed E-state index contributed by atoms with van der Waals surface area (Å²) >= 11 is 0. The zero-order chi connectivity index (χ0) is 23.8. The number of H-pyrrole nitrogens is 1. The minimum Gasteiger partial charge on any atom is -0.354 e. The minimum atomic E-state index is -2.67. The zero-order valence-corrected chi connectivity index (χ0v) is 18.6. The maximum absolute atomic E-state index is 13.3. The lowest BCUT2D eigenvalue weighted by Crippen LogP contribution is -2.43. The van der Waals surface area contributed by atoms with Crippen LogP contribution in [0.2, 0.25) is 0 Å². The van der Waals surface area contributed by atoms with Crippen LogP contribution in [0.15, 0.2) is 49.1 Å². The van der Waals surface area contributed by atoms with Gasteiger partial charge in [-0.1, -0.05) is 6.07 Å². The fourth-order valence-electron chi connectivity index (χ4n) is 4.17. The Morgan fingerprint density at radius 2 is 1.89 bits per heavy atom. The van der Waals surface area contributed by atoms with Crippen molar-refractivity contribution in [3.05, 3.63) is 60.3 Å². The molecular formula is C23H22F2N10. The number of piperazine rings is 1. The molecule has 5 aromatic rings. The third-order valence-corrected chi connectivity index (χ3v) is 6.02. The lowest BCUT2D eigenvalue weighted by molar-refractivity contribution is 0.143. The highest BCUT2D eigenvalue weighted by molar-refractivity contribution is 5.92. The molecule has 0 spiro atoms. The van der Waals surface area contributed by atoms with Crippen molar-refractivity contribution in [2.24, 2.45) is 0 Å². The largest absolute Gasteiger partial charge is 0.354 e. The third-order valence-electron chi connectivity index (χ3n) is 6.02. The zero-order valence-electron chi connectivity index (χ0n) is 18.6. The summed E-state index contributed by atoms with van der Waals surface area (Å²) in [5.41, 5.74) is 2.99. The second kappa shape index (κ2) is 8.87. The molecule has 6 heterocycles. The first kappa shape index (κ1) is 21.4. The fraction of sp³-hybridized carbons (Fsp3) is 0.261. The van der Waals surface area contributed by atoms with Gasteiger partial charge in [0.15, 0.2) is 5.65 Å². The lowest BCUT2D eigenvalue weighted by Gasteiger charge is -2.28. The molecule has 1 fully saturated rings. The second-order valence-electron chi connectivity index (χ2n) is 8.25. The molecule has 0 aromatic carbocycles. The van der Waals surface area contributed by atoms with Crippen molar-refractivity contribution in [2.75, 3.05) is 36.4 Å². The summed E-state index contributed by atoms with van der Waals surface area (Å²) in [4.78, 5) is 22.9. The molecule has 5 aromatic heterocycles. The molecule has 0 unspecified atom stereocenters. The average Bonchev–Trinajstić information content (AvgIpc) is 3.52. The summed E-state index contributed by atoms with van der Waals surface area (Å²) in [6, 6.07) is 7.48. The van der Waals surface area contributed by atoms with Crippen molar-refractivity contribution < 1.29 is 8.78 Å². The summed E-state index contributed by atoms with van der Waals surface area (Å²) in [5.74, 6) is 1.45. The van der Waals surface area contributed by atoms with Gasteiger partial charge in [0, 0.05) is 62.3 Å². The predicted octanol–water partition coefficient (Wildman–Crippen LogP) is 3.02. The molecule has 1 saturated heterocycles. The van der Waals surface area contributed by atoms with Crippen LogP contribution in [0.1, 0.15) is 17.7 Å². The molecule has 10 nitrogen and oxygen atoms in total. The van der Waals surface area contributed by atoms with Crippen LogP contribution in [0.4, 0.5) is 20.5 Å². The lowest BCUT2D eigenvalue weighted by atomic mass is 10.2. The van der Waals surface area contributed by atoms with E-state index in [1.807, 2.05) is 18.3 Å². The minimum absolute atomic E-state index is 0.250. The molecule has 3 N–H and O–H groups in total. The number of nitrogens with zero attached hydrogens (tertiary/aromatic N) is 7. The number of hydrogen-bond acceptors (Lipinski definition) is 8. The number of halogens is 2. The number of rotatable bonds is 6. The van der Waals surface area contributed by atoms with E-state index in [1.54, 1.807) is 24.5 Å². The first-order chi connectivity index (χ1) is 17.2. The molecule has 12 heteroatoms. The Bertz CT molecular complexity index is 1470. The predicted molar refractivity (Wildman–Crippen MR) is 127 cm³/mol. The van der Waals surface area contributed by atoms with E-state index in [4.69, 9.17) is 0 Å². The van der Waals surface area contributed by atoms with Crippen LogP contribution < -0.4 is 15.5 Å². The Kier molecular flexibility index (Phi) is 5.41. The number of aromatic amines is 1. The number of hydrogen-bond donors (Lipinski definition) is 3. The highest BCUT2D eigenvalue weighted by atomic mass is 19.3. The van der Waals surface area contributed by atoms with Gasteiger partial charge in [0.1, 0.15) is 17.2 Å². The number of aromatic nitrogens is 7. The van der Waals surface area contributed by atoms with Crippen molar-refractivity contribution in [1.29, 1.82) is 0 Å². The Morgan fingerprint density at radius 1 is 1.00 bits per heavy atom. The van der Waals surface area contributed by atoms with Crippen molar-refractivity contribution in [1.82, 2.24) is 39.9 Å². The van der Waals surface area contributed by atoms with Crippen LogP contribution in [0.25, 0.3) is 27.9 Å². The molecule has 1 aliphatic heterocycles. The highest BCUT2D eigenvalue weighted by Crippen LogP contribution is 2.28. The molecule has 1 aliphatic rings. The van der Waals surface area contributed by atoms with Gasteiger partial charge in [-0.15, -0.1) is 0 Å². The van der Waals surface area contributed by atoms with Crippen LogP contribution in [-0.4, -0.2) is 60.7 Å². The molecule has 0 saturated carbocycles. The van der Waals surface area contributed by atoms with E-state index < -0.39 is 6.43 Å². The topological polar surface area (TPSA) is 112 Å². The Balaban J connectivity index is 1.19. The summed E-state index contributed by atoms with van der Waals surface area (Å²) in [5, 5.41) is 11.7. The van der Waals surface area contributed by atoms with E-state index in [9.17, 15) is 8.78 Å². The molecule has 35 heavy (non-hydrogen) atoms. The van der Waals surface area contributed by atoms with E-state index in [0.717, 1.165) is 59.2 Å². The quantitative estimate of drug-likeness (QED) is 0.343. The Morgan fingerprint density at radius 3 is 2.69 bits per heavy atom. The van der Waals surface area contributed by atoms with Crippen LogP contribution >= 0.6 is 0 Å². The van der Waals surface area contributed by atoms with Crippen molar-refractivity contribution in [3.8, 4) is 11.3 Å². The van der Waals surface area contributed by atoms with Crippen molar-refractivity contribution >= 4 is 28.4 Å². The van der Waals surface area contributed by atoms with Crippen LogP contribution in [-0.2, 0) is 6.54 Å². The maximum Gasteiger partial charge on any atom is 0.282 e. The Hall–Kier alpha value is -4.19. The van der Waals surface area contributed by atoms with Gasteiger partial charge < -0.3 is 20.5 Å². The van der Waals surface area contributed by atoms with Crippen molar-refractivity contribution in [3.63, 3.8) is 0 Å². The van der Waals surface area contributed by atoms with Gasteiger partial charge in [0.2, 0.25) is 5.95 Å². The van der Waals surface area contributed by atoms with E-state index in [1.165, 1.54) is 0 Å². The smallest absolute Gasteiger partial charge is 0.282 e. The SMILES string of the molecule is FC(F)c1cnc2ccc(-c3c[nH]c4nc(NCc5ccc(N6CCNCC6)nc5)ncc34)nn12. The molecule has 0 bridgehead atoms. The first-order valence-electron chi connectivity index (χ1n) is 11.3. The Labute approximate surface area is 198 Å². The normalized spacial score (nSPS) is 14.3. The van der Waals surface area contributed by atoms with Gasteiger partial charge in [-0.05, 0) is 23.8 Å². The molecular weight excluding hydrogens is 454 g/mol. The number of alkyl halides is 2. The van der Waals surface area contributed by atoms with Crippen LogP contribution in [0.3, 0.4) is 0 Å². The summed E-state index contributed by atoms with van der Waals surface area (Å²) in [6.07, 6.45) is 3.77. The molecule has 178 valence electrons. The average molecular weight is 476 g/mol. The number of imidazole rings is 1. The number of pyridine rings is 1. The van der Waals surface area contributed by atoms with Gasteiger partial charge in [-0.3, -0.25) is 0 Å². The summed E-state index contributed by atoms with van der Waals surface area (Å²) in [7, 11) is 0. The monoisotopic (exact) mass is 476 g/mol. The maximum atomic E-state index is 13.3. The van der Waals surface area contributed by atoms with Crippen molar-refractivity contribution in [2.45, 2.75) is 13.0 Å². The van der Waals surface area contributed by atoms with Gasteiger partial charge in [-0.25, -0.2) is 28.2 Å². The highest BCUT2D eigenvalue weighted by Gasteiger charge is 2.17. The van der Waals surface area contributed by atoms with E-state index in [2.05, 4.69) is 45.6 Å². The first-order valence-corrected chi connectivity index (χ1v) is 11.3. The molecule has 0 aliphatic carbocycles. The molecule has 6 rings (SSSR count). The second-order valence-corrected chi connectivity index (χ2v) is 8.25. The summed E-state index contributed by atoms with van der Waals surface area (Å²) < 4.78 is 27.7. The summed E-state index contributed by atoms with van der Waals surface area (Å²) in [6.45, 7) is 4.38. The van der Waals surface area contributed by atoms with Crippen LogP contribution in [0, 0.1) is 0 Å². The van der Waals surface area contributed by atoms with Gasteiger partial charge in [0.25, 0.3) is 6.43 Å². The van der Waals surface area contributed by atoms with Gasteiger partial charge in [-0.2, -0.15) is 10.1 Å². The number of fused-ring (bicyclic) bond motifs is 2. The van der Waals surface area contributed by atoms with E-state index in [0.29, 0.717) is 29.5 Å².